The Hall–Kier alpha value is -5.09. The second-order valence-corrected chi connectivity index (χ2v) is 37.9. The Labute approximate surface area is 790 Å². The van der Waals surface area contributed by atoms with Gasteiger partial charge in [0.05, 0.1) is 26.4 Å². The van der Waals surface area contributed by atoms with Crippen LogP contribution in [0.2, 0.25) is 0 Å². The largest absolute Gasteiger partial charge is 0.472 e. The number of carbonyl (C=O) groups is 3. The minimum absolute atomic E-state index is 0.0842. The van der Waals surface area contributed by atoms with Crippen LogP contribution in [0, 0.1) is 0 Å². The van der Waals surface area contributed by atoms with Crippen molar-refractivity contribution in [3.8, 4) is 0 Å². The molecular formula is C111H192O16P2. The Balaban J connectivity index is 4.57. The third kappa shape index (κ3) is 103. The maximum atomic E-state index is 13.1. The molecule has 0 aromatic heterocycles. The molecule has 129 heavy (non-hydrogen) atoms. The highest BCUT2D eigenvalue weighted by atomic mass is 31.2. The number of esters is 3. The molecule has 0 aliphatic carbocycles. The third-order valence-electron chi connectivity index (χ3n) is 22.4. The molecule has 0 spiro atoms. The van der Waals surface area contributed by atoms with Gasteiger partial charge in [0.25, 0.3) is 0 Å². The third-order valence-corrected chi connectivity index (χ3v) is 24.3. The molecule has 16 nitrogen and oxygen atoms in total. The summed E-state index contributed by atoms with van der Waals surface area (Å²) in [7, 11) is -9.82. The van der Waals surface area contributed by atoms with Crippen molar-refractivity contribution in [3.05, 3.63) is 170 Å². The minimum Gasteiger partial charge on any atom is -0.463 e. The van der Waals surface area contributed by atoms with Gasteiger partial charge in [-0.1, -0.05) is 448 Å². The van der Waals surface area contributed by atoms with Crippen LogP contribution in [0.25, 0.3) is 0 Å². The summed E-state index contributed by atoms with van der Waals surface area (Å²) in [6.45, 7) is 2.57. The van der Waals surface area contributed by atoms with Crippen LogP contribution in [0.1, 0.15) is 457 Å². The summed E-state index contributed by atoms with van der Waals surface area (Å²) in [4.78, 5) is 59.2. The van der Waals surface area contributed by atoms with Gasteiger partial charge in [0, 0.05) is 19.3 Å². The van der Waals surface area contributed by atoms with Gasteiger partial charge in [0.2, 0.25) is 0 Å². The van der Waals surface area contributed by atoms with Crippen LogP contribution in [-0.2, 0) is 55.8 Å². The number of allylic oxidation sites excluding steroid dienone is 28. The van der Waals surface area contributed by atoms with Gasteiger partial charge >= 0.3 is 33.6 Å². The van der Waals surface area contributed by atoms with Crippen molar-refractivity contribution in [2.75, 3.05) is 39.6 Å². The summed E-state index contributed by atoms with van der Waals surface area (Å²) in [5.74, 6) is -1.58. The minimum atomic E-state index is -4.95. The van der Waals surface area contributed by atoms with E-state index in [0.717, 1.165) is 154 Å². The van der Waals surface area contributed by atoms with Crippen LogP contribution in [0.4, 0.5) is 0 Å². The maximum Gasteiger partial charge on any atom is 0.472 e. The predicted molar refractivity (Wildman–Crippen MR) is 546 cm³/mol. The molecule has 0 saturated carbocycles. The summed E-state index contributed by atoms with van der Waals surface area (Å²) in [6, 6.07) is 0. The van der Waals surface area contributed by atoms with Gasteiger partial charge in [-0.15, -0.1) is 0 Å². The number of unbranched alkanes of at least 4 members (excludes halogenated alkanes) is 48. The Morgan fingerprint density at radius 3 is 0.651 bits per heavy atom. The molecule has 0 bridgehead atoms. The molecule has 0 rings (SSSR count). The number of hydrogen-bond acceptors (Lipinski definition) is 14. The lowest BCUT2D eigenvalue weighted by molar-refractivity contribution is -0.161. The van der Waals surface area contributed by atoms with E-state index >= 15 is 0 Å². The highest BCUT2D eigenvalue weighted by Gasteiger charge is 2.30. The molecule has 4 N–H and O–H groups in total. The van der Waals surface area contributed by atoms with Crippen LogP contribution >= 0.6 is 15.6 Å². The van der Waals surface area contributed by atoms with E-state index in [0.29, 0.717) is 19.3 Å². The molecule has 0 saturated heterocycles. The number of phosphoric ester groups is 2. The monoisotopic (exact) mass is 1840 g/mol. The second-order valence-electron chi connectivity index (χ2n) is 35.0. The topological polar surface area (TPSA) is 231 Å². The van der Waals surface area contributed by atoms with Crippen molar-refractivity contribution >= 4 is 33.6 Å². The Bertz CT molecular complexity index is 3030. The van der Waals surface area contributed by atoms with E-state index in [9.17, 15) is 43.5 Å². The van der Waals surface area contributed by atoms with Crippen molar-refractivity contribution in [2.45, 2.75) is 476 Å². The smallest absolute Gasteiger partial charge is 0.463 e. The lowest BCUT2D eigenvalue weighted by Gasteiger charge is -2.21. The number of phosphoric acid groups is 2. The van der Waals surface area contributed by atoms with Crippen LogP contribution in [0.5, 0.6) is 0 Å². The highest BCUT2D eigenvalue weighted by Crippen LogP contribution is 2.45. The van der Waals surface area contributed by atoms with E-state index in [1.807, 2.05) is 0 Å². The Morgan fingerprint density at radius 2 is 0.411 bits per heavy atom. The zero-order chi connectivity index (χ0) is 93.5. The predicted octanol–water partition coefficient (Wildman–Crippen LogP) is 33.3. The molecule has 18 heteroatoms. The zero-order valence-corrected chi connectivity index (χ0v) is 84.1. The average molecular weight is 1840 g/mol. The van der Waals surface area contributed by atoms with E-state index in [1.54, 1.807) is 0 Å². The summed E-state index contributed by atoms with van der Waals surface area (Å²) < 4.78 is 61.7. The molecule has 0 heterocycles. The molecule has 0 fully saturated rings. The lowest BCUT2D eigenvalue weighted by Crippen LogP contribution is -2.30. The summed E-state index contributed by atoms with van der Waals surface area (Å²) in [6.07, 6.45) is 134. The zero-order valence-electron chi connectivity index (χ0n) is 82.3. The first-order chi connectivity index (χ1) is 63.2. The number of hydrogen-bond donors (Lipinski definition) is 4. The van der Waals surface area contributed by atoms with Gasteiger partial charge in [0.15, 0.2) is 6.10 Å². The molecule has 0 aromatic carbocycles. The lowest BCUT2D eigenvalue weighted by atomic mass is 10.0. The highest BCUT2D eigenvalue weighted by molar-refractivity contribution is 7.47. The fourth-order valence-corrected chi connectivity index (χ4v) is 16.1. The quantitative estimate of drug-likeness (QED) is 0.0146. The molecule has 0 radical (unpaired) electrons. The fourth-order valence-electron chi connectivity index (χ4n) is 14.5. The molecule has 0 aliphatic rings. The summed E-state index contributed by atoms with van der Waals surface area (Å²) in [5, 5.41) is 20.8. The standard InChI is InChI=1S/C111H192O16P2/c1-4-7-10-13-16-19-22-25-28-31-34-37-40-43-45-47-49-51-52-54-56-57-59-62-64-67-70-73-76-79-82-85-88-91-94-97-109(114)121-100-106(112)101-123-128(117,118)124-102-107(113)103-125-129(119,120)126-105-108(127-111(116)99-96-93-90-87-84-81-78-75-72-69-66-61-42-39-36-33-30-27-24-21-18-15-12-9-6-3)104-122-110(115)98-95-92-89-86-83-80-77-74-71-68-65-63-60-58-55-53-50-48-46-44-41-38-35-32-29-26-23-20-17-14-11-8-5-2/h9,12,16-21,25-30,34-39,43-46,61,66,72,75,106-108,112-113H,4-8,10-11,13-15,22-24,31-33,40-42,47-60,62-65,67-71,73-74,76-105H2,1-3H3,(H,117,118)(H,119,120)/b12-9-,19-16-,20-17-,21-18-,28-25-,29-26-,30-27-,37-34-,38-35-,39-36-,45-43-,46-44-,66-61-,75-72-. The van der Waals surface area contributed by atoms with Crippen LogP contribution in [0.3, 0.4) is 0 Å². The molecule has 0 aromatic rings. The van der Waals surface area contributed by atoms with Gasteiger partial charge in [-0.05, 0) is 161 Å². The van der Waals surface area contributed by atoms with Gasteiger partial charge in [-0.3, -0.25) is 32.5 Å². The van der Waals surface area contributed by atoms with Crippen molar-refractivity contribution < 1.29 is 75.8 Å². The van der Waals surface area contributed by atoms with Crippen molar-refractivity contribution in [3.63, 3.8) is 0 Å². The van der Waals surface area contributed by atoms with E-state index in [2.05, 4.69) is 191 Å². The van der Waals surface area contributed by atoms with E-state index in [-0.39, 0.29) is 19.3 Å². The molecule has 742 valence electrons. The van der Waals surface area contributed by atoms with Crippen molar-refractivity contribution in [1.29, 1.82) is 0 Å². The van der Waals surface area contributed by atoms with Gasteiger partial charge in [-0.25, -0.2) is 9.13 Å². The van der Waals surface area contributed by atoms with Crippen molar-refractivity contribution in [2.24, 2.45) is 0 Å². The SMILES string of the molecule is CC/C=C\C/C=C\C/C=C\C/C=C\C/C=C\C/C=C\CCCCCCCCC(=O)OC(COC(=O)CCCCCCCCCCCCCCCCCCC/C=C\C/C=C\C/C=C\C/C=C\CCCCC)COP(=O)(O)OCC(O)COP(=O)(O)OCC(O)COC(=O)CCCCCCCCCCCCCCCCCCCCC/C=C\C/C=C\C/C=C\C/C=C\CCCCC. The normalized spacial score (nSPS) is 14.3. The Morgan fingerprint density at radius 1 is 0.225 bits per heavy atom. The number of aliphatic hydroxyl groups excluding tert-OH is 2. The molecule has 5 unspecified atom stereocenters. The first-order valence-corrected chi connectivity index (χ1v) is 55.4. The molecule has 0 amide bonds. The van der Waals surface area contributed by atoms with E-state index in [4.69, 9.17) is 32.3 Å². The van der Waals surface area contributed by atoms with Gasteiger partial charge in [0.1, 0.15) is 25.4 Å². The average Bonchev–Trinajstić information content (AvgIpc) is 0.898. The van der Waals surface area contributed by atoms with Gasteiger partial charge in [-0.2, -0.15) is 0 Å². The first kappa shape index (κ1) is 124. The number of carbonyl (C=O) groups excluding carboxylic acids is 3. The van der Waals surface area contributed by atoms with Crippen LogP contribution in [-0.4, -0.2) is 95.9 Å². The molecule has 0 aliphatic heterocycles. The van der Waals surface area contributed by atoms with Gasteiger partial charge < -0.3 is 34.2 Å². The molecular weight excluding hydrogens is 1650 g/mol. The van der Waals surface area contributed by atoms with Crippen LogP contribution < -0.4 is 0 Å². The number of rotatable bonds is 99. The number of ether oxygens (including phenoxy) is 3. The second kappa shape index (κ2) is 102. The fraction of sp³-hybridized carbons (Fsp3) is 0.721. The Kier molecular flexibility index (Phi) is 97.8. The van der Waals surface area contributed by atoms with Crippen molar-refractivity contribution in [1.82, 2.24) is 0 Å². The molecule has 5 atom stereocenters. The summed E-state index contributed by atoms with van der Waals surface area (Å²) >= 11 is 0. The van der Waals surface area contributed by atoms with E-state index < -0.39 is 91.5 Å². The summed E-state index contributed by atoms with van der Waals surface area (Å²) in [5.41, 5.74) is 0. The van der Waals surface area contributed by atoms with E-state index in [1.165, 1.54) is 244 Å². The first-order valence-electron chi connectivity index (χ1n) is 52.4. The maximum absolute atomic E-state index is 13.1. The van der Waals surface area contributed by atoms with Crippen LogP contribution in [0.15, 0.2) is 170 Å². The number of aliphatic hydroxyl groups is 2.